The molecule has 5 heteroatoms. The van der Waals surface area contributed by atoms with Crippen molar-refractivity contribution in [3.05, 3.63) is 47.9 Å². The van der Waals surface area contributed by atoms with Crippen LogP contribution in [0.3, 0.4) is 0 Å². The van der Waals surface area contributed by atoms with E-state index >= 15 is 0 Å². The molecule has 1 N–H and O–H groups in total. The van der Waals surface area contributed by atoms with Crippen LogP contribution in [-0.4, -0.2) is 15.9 Å². The van der Waals surface area contributed by atoms with E-state index in [2.05, 4.69) is 15.3 Å². The second kappa shape index (κ2) is 4.78. The average molecular weight is 231 g/mol. The molecule has 1 unspecified atom stereocenters. The van der Waals surface area contributed by atoms with Crippen molar-refractivity contribution in [1.29, 1.82) is 0 Å². The minimum Gasteiger partial charge on any atom is -0.456 e. The zero-order valence-electron chi connectivity index (χ0n) is 9.68. The van der Waals surface area contributed by atoms with Crippen molar-refractivity contribution in [2.24, 2.45) is 0 Å². The third-order valence-electron chi connectivity index (χ3n) is 2.28. The van der Waals surface area contributed by atoms with Gasteiger partial charge in [0.2, 0.25) is 0 Å². The molecule has 0 aliphatic carbocycles. The van der Waals surface area contributed by atoms with Crippen LogP contribution in [0.5, 0.6) is 0 Å². The number of hydrogen-bond donors (Lipinski definition) is 1. The number of carbonyl (C=O) groups excluding carboxylic acids is 1. The standard InChI is InChI=1S/C12H13N3O2/c1-8-4-5-10(17-8)12(16)15-9(2)11-13-6-3-7-14-11/h3-7,9H,1-2H3,(H,15,16). The van der Waals surface area contributed by atoms with Crippen molar-refractivity contribution in [2.75, 3.05) is 0 Å². The van der Waals surface area contributed by atoms with Crippen molar-refractivity contribution in [2.45, 2.75) is 19.9 Å². The zero-order chi connectivity index (χ0) is 12.3. The maximum absolute atomic E-state index is 11.8. The molecule has 0 aliphatic heterocycles. The predicted octanol–water partition coefficient (Wildman–Crippen LogP) is 1.87. The lowest BCUT2D eigenvalue weighted by molar-refractivity contribution is 0.0909. The van der Waals surface area contributed by atoms with E-state index in [0.717, 1.165) is 0 Å². The number of nitrogens with one attached hydrogen (secondary N) is 1. The molecule has 0 radical (unpaired) electrons. The Balaban J connectivity index is 2.04. The van der Waals surface area contributed by atoms with Gasteiger partial charge in [0.05, 0.1) is 6.04 Å². The number of furan rings is 1. The third kappa shape index (κ3) is 2.69. The maximum atomic E-state index is 11.8. The molecular formula is C12H13N3O2. The van der Waals surface area contributed by atoms with Crippen molar-refractivity contribution < 1.29 is 9.21 Å². The van der Waals surface area contributed by atoms with Gasteiger partial charge in [-0.3, -0.25) is 4.79 Å². The summed E-state index contributed by atoms with van der Waals surface area (Å²) < 4.78 is 5.23. The molecule has 2 heterocycles. The summed E-state index contributed by atoms with van der Waals surface area (Å²) in [5.74, 6) is 1.31. The number of carbonyl (C=O) groups is 1. The Morgan fingerprint density at radius 3 is 2.65 bits per heavy atom. The molecule has 2 aromatic rings. The topological polar surface area (TPSA) is 68.0 Å². The fourth-order valence-corrected chi connectivity index (χ4v) is 1.42. The van der Waals surface area contributed by atoms with E-state index in [0.29, 0.717) is 17.3 Å². The van der Waals surface area contributed by atoms with Crippen LogP contribution in [0, 0.1) is 6.92 Å². The average Bonchev–Trinajstić information content (AvgIpc) is 2.77. The monoisotopic (exact) mass is 231 g/mol. The van der Waals surface area contributed by atoms with Gasteiger partial charge >= 0.3 is 0 Å². The van der Waals surface area contributed by atoms with Gasteiger partial charge in [-0.25, -0.2) is 9.97 Å². The lowest BCUT2D eigenvalue weighted by Gasteiger charge is -2.10. The van der Waals surface area contributed by atoms with Gasteiger partial charge in [0, 0.05) is 12.4 Å². The Morgan fingerprint density at radius 1 is 1.35 bits per heavy atom. The molecular weight excluding hydrogens is 218 g/mol. The van der Waals surface area contributed by atoms with E-state index in [1.54, 1.807) is 37.5 Å². The van der Waals surface area contributed by atoms with Crippen molar-refractivity contribution in [3.8, 4) is 0 Å². The van der Waals surface area contributed by atoms with Gasteiger partial charge in [-0.2, -0.15) is 0 Å². The number of hydrogen-bond acceptors (Lipinski definition) is 4. The van der Waals surface area contributed by atoms with Crippen molar-refractivity contribution in [3.63, 3.8) is 0 Å². The number of nitrogens with zero attached hydrogens (tertiary/aromatic N) is 2. The Labute approximate surface area is 98.9 Å². The maximum Gasteiger partial charge on any atom is 0.287 e. The highest BCUT2D eigenvalue weighted by atomic mass is 16.3. The molecule has 0 aromatic carbocycles. The number of aromatic nitrogens is 2. The summed E-state index contributed by atoms with van der Waals surface area (Å²) in [5.41, 5.74) is 0. The Kier molecular flexibility index (Phi) is 3.18. The van der Waals surface area contributed by atoms with E-state index in [1.807, 2.05) is 6.92 Å². The fraction of sp³-hybridized carbons (Fsp3) is 0.250. The van der Waals surface area contributed by atoms with Gasteiger partial charge in [-0.1, -0.05) is 0 Å². The van der Waals surface area contributed by atoms with E-state index < -0.39 is 0 Å². The first-order valence-electron chi connectivity index (χ1n) is 5.31. The van der Waals surface area contributed by atoms with Crippen molar-refractivity contribution >= 4 is 5.91 Å². The minimum atomic E-state index is -0.266. The highest BCUT2D eigenvalue weighted by Crippen LogP contribution is 2.09. The quantitative estimate of drug-likeness (QED) is 0.875. The SMILES string of the molecule is Cc1ccc(C(=O)NC(C)c2ncccn2)o1. The summed E-state index contributed by atoms with van der Waals surface area (Å²) in [4.78, 5) is 19.9. The van der Waals surface area contributed by atoms with Crippen LogP contribution in [0.2, 0.25) is 0 Å². The first kappa shape index (κ1) is 11.3. The predicted molar refractivity (Wildman–Crippen MR) is 61.4 cm³/mol. The lowest BCUT2D eigenvalue weighted by atomic mass is 10.3. The molecule has 0 saturated heterocycles. The van der Waals surface area contributed by atoms with Gasteiger partial charge in [-0.15, -0.1) is 0 Å². The molecule has 2 aromatic heterocycles. The number of amides is 1. The molecule has 0 fully saturated rings. The molecule has 2 rings (SSSR count). The van der Waals surface area contributed by atoms with Crippen LogP contribution in [-0.2, 0) is 0 Å². The summed E-state index contributed by atoms with van der Waals surface area (Å²) in [6.45, 7) is 3.61. The van der Waals surface area contributed by atoms with E-state index in [9.17, 15) is 4.79 Å². The van der Waals surface area contributed by atoms with Crippen LogP contribution in [0.25, 0.3) is 0 Å². The molecule has 88 valence electrons. The minimum absolute atomic E-state index is 0.255. The summed E-state index contributed by atoms with van der Waals surface area (Å²) >= 11 is 0. The highest BCUT2D eigenvalue weighted by Gasteiger charge is 2.15. The van der Waals surface area contributed by atoms with Gasteiger partial charge in [0.1, 0.15) is 11.6 Å². The highest BCUT2D eigenvalue weighted by molar-refractivity contribution is 5.91. The van der Waals surface area contributed by atoms with Crippen LogP contribution >= 0.6 is 0 Å². The van der Waals surface area contributed by atoms with Crippen LogP contribution in [0.15, 0.2) is 35.0 Å². The molecule has 1 amide bonds. The fourth-order valence-electron chi connectivity index (χ4n) is 1.42. The number of aryl methyl sites for hydroxylation is 1. The second-order valence-corrected chi connectivity index (χ2v) is 3.71. The van der Waals surface area contributed by atoms with Gasteiger partial charge in [0.15, 0.2) is 5.76 Å². The molecule has 0 saturated carbocycles. The van der Waals surface area contributed by atoms with E-state index in [4.69, 9.17) is 4.42 Å². The van der Waals surface area contributed by atoms with Crippen LogP contribution in [0.4, 0.5) is 0 Å². The van der Waals surface area contributed by atoms with Gasteiger partial charge in [0.25, 0.3) is 5.91 Å². The Bertz CT molecular complexity index is 507. The van der Waals surface area contributed by atoms with Crippen molar-refractivity contribution in [1.82, 2.24) is 15.3 Å². The van der Waals surface area contributed by atoms with Gasteiger partial charge in [-0.05, 0) is 32.0 Å². The third-order valence-corrected chi connectivity index (χ3v) is 2.28. The molecule has 17 heavy (non-hydrogen) atoms. The molecule has 0 spiro atoms. The largest absolute Gasteiger partial charge is 0.456 e. The van der Waals surface area contributed by atoms with Crippen LogP contribution in [0.1, 0.15) is 35.1 Å². The first-order valence-corrected chi connectivity index (χ1v) is 5.31. The molecule has 1 atom stereocenters. The van der Waals surface area contributed by atoms with E-state index in [1.165, 1.54) is 0 Å². The molecule has 0 bridgehead atoms. The second-order valence-electron chi connectivity index (χ2n) is 3.71. The smallest absolute Gasteiger partial charge is 0.287 e. The van der Waals surface area contributed by atoms with Gasteiger partial charge < -0.3 is 9.73 Å². The van der Waals surface area contributed by atoms with Crippen LogP contribution < -0.4 is 5.32 Å². The Morgan fingerprint density at radius 2 is 2.06 bits per heavy atom. The molecule has 5 nitrogen and oxygen atoms in total. The summed E-state index contributed by atoms with van der Waals surface area (Å²) in [7, 11) is 0. The Hall–Kier alpha value is -2.17. The number of rotatable bonds is 3. The normalized spacial score (nSPS) is 12.1. The molecule has 0 aliphatic rings. The zero-order valence-corrected chi connectivity index (χ0v) is 9.68. The first-order chi connectivity index (χ1) is 8.16. The van der Waals surface area contributed by atoms with E-state index in [-0.39, 0.29) is 11.9 Å². The summed E-state index contributed by atoms with van der Waals surface area (Å²) in [6, 6.07) is 4.87. The summed E-state index contributed by atoms with van der Waals surface area (Å²) in [5, 5.41) is 2.77. The lowest BCUT2D eigenvalue weighted by Crippen LogP contribution is -2.27. The summed E-state index contributed by atoms with van der Waals surface area (Å²) in [6.07, 6.45) is 3.28.